The van der Waals surface area contributed by atoms with E-state index in [9.17, 15) is 9.90 Å². The molecule has 3 aromatic rings. The van der Waals surface area contributed by atoms with Crippen LogP contribution >= 0.6 is 11.6 Å². The minimum absolute atomic E-state index is 0.156. The van der Waals surface area contributed by atoms with Crippen molar-refractivity contribution in [2.45, 2.75) is 25.3 Å². The van der Waals surface area contributed by atoms with Crippen LogP contribution in [0.2, 0.25) is 5.02 Å². The summed E-state index contributed by atoms with van der Waals surface area (Å²) < 4.78 is 0. The van der Waals surface area contributed by atoms with Gasteiger partial charge >= 0.3 is 0 Å². The molecule has 2 aromatic heterocycles. The molecule has 1 aliphatic rings. The SMILES string of the molecule is O=c1cc(C2CCN(Cc3cc(Cl)ccc3O)CC2)nc(-c2ccccn2)[nH]1. The summed E-state index contributed by atoms with van der Waals surface area (Å²) in [6, 6.07) is 12.3. The highest BCUT2D eigenvalue weighted by Crippen LogP contribution is 2.29. The number of pyridine rings is 1. The van der Waals surface area contributed by atoms with Crippen molar-refractivity contribution >= 4 is 11.6 Å². The molecule has 7 heteroatoms. The normalized spacial score (nSPS) is 15.6. The number of hydrogen-bond acceptors (Lipinski definition) is 5. The number of rotatable bonds is 4. The first kappa shape index (κ1) is 18.7. The van der Waals surface area contributed by atoms with Crippen molar-refractivity contribution in [3.05, 3.63) is 75.3 Å². The van der Waals surface area contributed by atoms with Gasteiger partial charge in [-0.15, -0.1) is 0 Å². The van der Waals surface area contributed by atoms with Crippen LogP contribution in [0.15, 0.2) is 53.5 Å². The molecule has 2 N–H and O–H groups in total. The zero-order valence-electron chi connectivity index (χ0n) is 15.3. The predicted molar refractivity (Wildman–Crippen MR) is 108 cm³/mol. The molecule has 144 valence electrons. The van der Waals surface area contributed by atoms with Crippen molar-refractivity contribution < 1.29 is 5.11 Å². The summed E-state index contributed by atoms with van der Waals surface area (Å²) in [4.78, 5) is 26.1. The van der Waals surface area contributed by atoms with Crippen LogP contribution in [0.1, 0.15) is 30.0 Å². The van der Waals surface area contributed by atoms with Gasteiger partial charge in [0.15, 0.2) is 5.82 Å². The van der Waals surface area contributed by atoms with E-state index in [1.54, 1.807) is 30.5 Å². The Morgan fingerprint density at radius 2 is 2.00 bits per heavy atom. The number of benzene rings is 1. The fourth-order valence-corrected chi connectivity index (χ4v) is 3.81. The largest absolute Gasteiger partial charge is 0.508 e. The van der Waals surface area contributed by atoms with Crippen LogP contribution in [0, 0.1) is 0 Å². The van der Waals surface area contributed by atoms with Gasteiger partial charge in [0, 0.05) is 35.3 Å². The van der Waals surface area contributed by atoms with Crippen LogP contribution in [-0.4, -0.2) is 38.0 Å². The molecule has 0 unspecified atom stereocenters. The molecule has 0 aliphatic carbocycles. The molecule has 0 amide bonds. The van der Waals surface area contributed by atoms with Crippen LogP contribution in [0.3, 0.4) is 0 Å². The fraction of sp³-hybridized carbons (Fsp3) is 0.286. The number of phenols is 1. The minimum atomic E-state index is -0.156. The highest BCUT2D eigenvalue weighted by atomic mass is 35.5. The van der Waals surface area contributed by atoms with Crippen LogP contribution in [0.5, 0.6) is 5.75 Å². The van der Waals surface area contributed by atoms with Crippen LogP contribution < -0.4 is 5.56 Å². The number of piperidine rings is 1. The van der Waals surface area contributed by atoms with Gasteiger partial charge < -0.3 is 10.1 Å². The number of halogens is 1. The van der Waals surface area contributed by atoms with Gasteiger partial charge in [-0.2, -0.15) is 0 Å². The molecule has 6 nitrogen and oxygen atoms in total. The molecule has 1 aliphatic heterocycles. The van der Waals surface area contributed by atoms with Crippen LogP contribution in [0.25, 0.3) is 11.5 Å². The van der Waals surface area contributed by atoms with Crippen molar-refractivity contribution in [2.24, 2.45) is 0 Å². The van der Waals surface area contributed by atoms with E-state index >= 15 is 0 Å². The number of aromatic hydroxyl groups is 1. The van der Waals surface area contributed by atoms with Gasteiger partial charge in [-0.3, -0.25) is 14.7 Å². The molecule has 0 saturated carbocycles. The lowest BCUT2D eigenvalue weighted by molar-refractivity contribution is 0.201. The number of likely N-dealkylation sites (tertiary alicyclic amines) is 1. The van der Waals surface area contributed by atoms with Crippen molar-refractivity contribution in [2.75, 3.05) is 13.1 Å². The van der Waals surface area contributed by atoms with E-state index in [4.69, 9.17) is 11.6 Å². The first-order chi connectivity index (χ1) is 13.6. The van der Waals surface area contributed by atoms with E-state index in [0.29, 0.717) is 23.1 Å². The number of aromatic amines is 1. The molecule has 0 atom stereocenters. The summed E-state index contributed by atoms with van der Waals surface area (Å²) in [5.74, 6) is 1.01. The number of phenolic OH excluding ortho intramolecular Hbond substituents is 1. The molecule has 0 spiro atoms. The van der Waals surface area contributed by atoms with E-state index in [2.05, 4.69) is 19.9 Å². The Bertz CT molecular complexity index is 1010. The second-order valence-corrected chi connectivity index (χ2v) is 7.49. The third-order valence-electron chi connectivity index (χ3n) is 5.11. The summed E-state index contributed by atoms with van der Waals surface area (Å²) >= 11 is 6.04. The van der Waals surface area contributed by atoms with E-state index in [-0.39, 0.29) is 17.2 Å². The topological polar surface area (TPSA) is 82.1 Å². The van der Waals surface area contributed by atoms with Gasteiger partial charge in [-0.05, 0) is 56.3 Å². The molecule has 28 heavy (non-hydrogen) atoms. The summed E-state index contributed by atoms with van der Waals surface area (Å²) in [5.41, 5.74) is 2.15. The van der Waals surface area contributed by atoms with Gasteiger partial charge in [-0.1, -0.05) is 17.7 Å². The summed E-state index contributed by atoms with van der Waals surface area (Å²) in [5, 5.41) is 10.6. The number of aromatic nitrogens is 3. The maximum Gasteiger partial charge on any atom is 0.251 e. The molecular formula is C21H21ClN4O2. The molecule has 1 fully saturated rings. The van der Waals surface area contributed by atoms with Gasteiger partial charge in [0.05, 0.1) is 5.69 Å². The first-order valence-corrected chi connectivity index (χ1v) is 9.69. The van der Waals surface area contributed by atoms with Gasteiger partial charge in [-0.25, -0.2) is 4.98 Å². The first-order valence-electron chi connectivity index (χ1n) is 9.31. The monoisotopic (exact) mass is 396 g/mol. The molecule has 1 aromatic carbocycles. The lowest BCUT2D eigenvalue weighted by Crippen LogP contribution is -2.33. The predicted octanol–water partition coefficient (Wildman–Crippen LogP) is 3.57. The zero-order chi connectivity index (χ0) is 19.5. The molecule has 1 saturated heterocycles. The number of nitrogens with one attached hydrogen (secondary N) is 1. The third-order valence-corrected chi connectivity index (χ3v) is 5.35. The number of H-pyrrole nitrogens is 1. The summed E-state index contributed by atoms with van der Waals surface area (Å²) in [6.07, 6.45) is 3.49. The van der Waals surface area contributed by atoms with Gasteiger partial charge in [0.2, 0.25) is 0 Å². The Hall–Kier alpha value is -2.70. The highest BCUT2D eigenvalue weighted by Gasteiger charge is 2.23. The van der Waals surface area contributed by atoms with Crippen LogP contribution in [-0.2, 0) is 6.54 Å². The molecule has 4 rings (SSSR count). The average molecular weight is 397 g/mol. The lowest BCUT2D eigenvalue weighted by Gasteiger charge is -2.31. The number of hydrogen-bond donors (Lipinski definition) is 2. The smallest absolute Gasteiger partial charge is 0.251 e. The Balaban J connectivity index is 1.46. The Kier molecular flexibility index (Phi) is 5.41. The van der Waals surface area contributed by atoms with E-state index < -0.39 is 0 Å². The van der Waals surface area contributed by atoms with Crippen LogP contribution in [0.4, 0.5) is 0 Å². The van der Waals surface area contributed by atoms with Gasteiger partial charge in [0.1, 0.15) is 11.4 Å². The fourth-order valence-electron chi connectivity index (χ4n) is 3.62. The Morgan fingerprint density at radius 1 is 1.18 bits per heavy atom. The van der Waals surface area contributed by atoms with E-state index in [1.165, 1.54) is 0 Å². The lowest BCUT2D eigenvalue weighted by atomic mass is 9.93. The zero-order valence-corrected chi connectivity index (χ0v) is 16.1. The molecule has 0 bridgehead atoms. The van der Waals surface area contributed by atoms with Gasteiger partial charge in [0.25, 0.3) is 5.56 Å². The maximum absolute atomic E-state index is 12.1. The van der Waals surface area contributed by atoms with Crippen molar-refractivity contribution in [1.29, 1.82) is 0 Å². The average Bonchev–Trinajstić information content (AvgIpc) is 2.71. The Labute approximate surface area is 167 Å². The quantitative estimate of drug-likeness (QED) is 0.704. The maximum atomic E-state index is 12.1. The standard InChI is InChI=1S/C21H21ClN4O2/c22-16-4-5-19(27)15(11-16)13-26-9-6-14(7-10-26)18-12-20(28)25-21(24-18)17-3-1-2-8-23-17/h1-5,8,11-12,14,27H,6-7,9-10,13H2,(H,24,25,28). The minimum Gasteiger partial charge on any atom is -0.508 e. The summed E-state index contributed by atoms with van der Waals surface area (Å²) in [6.45, 7) is 2.38. The Morgan fingerprint density at radius 3 is 2.75 bits per heavy atom. The third kappa shape index (κ3) is 4.24. The number of nitrogens with zero attached hydrogens (tertiary/aromatic N) is 3. The second kappa shape index (κ2) is 8.12. The molecule has 3 heterocycles. The van der Waals surface area contributed by atoms with E-state index in [0.717, 1.165) is 37.2 Å². The van der Waals surface area contributed by atoms with Crippen molar-refractivity contribution in [3.8, 4) is 17.3 Å². The molecule has 0 radical (unpaired) electrons. The van der Waals surface area contributed by atoms with E-state index in [1.807, 2.05) is 18.2 Å². The van der Waals surface area contributed by atoms with Crippen molar-refractivity contribution in [3.63, 3.8) is 0 Å². The second-order valence-electron chi connectivity index (χ2n) is 7.06. The summed E-state index contributed by atoms with van der Waals surface area (Å²) in [7, 11) is 0. The molecular weight excluding hydrogens is 376 g/mol. The van der Waals surface area contributed by atoms with Crippen molar-refractivity contribution in [1.82, 2.24) is 19.9 Å². The highest BCUT2D eigenvalue weighted by molar-refractivity contribution is 6.30.